The number of ether oxygens (including phenoxy) is 3. The second-order valence-electron chi connectivity index (χ2n) is 4.41. The van der Waals surface area contributed by atoms with Crippen LogP contribution in [0.5, 0.6) is 23.0 Å². The van der Waals surface area contributed by atoms with Crippen molar-refractivity contribution in [2.75, 3.05) is 26.1 Å². The molecule has 1 amide bonds. The van der Waals surface area contributed by atoms with Crippen molar-refractivity contribution in [3.8, 4) is 23.0 Å². The topological polar surface area (TPSA) is 77.0 Å². The molecule has 22 heavy (non-hydrogen) atoms. The second-order valence-corrected chi connectivity index (χ2v) is 4.41. The van der Waals surface area contributed by atoms with E-state index in [0.717, 1.165) is 0 Å². The highest BCUT2D eigenvalue weighted by Crippen LogP contribution is 2.26. The van der Waals surface area contributed by atoms with E-state index in [1.165, 1.54) is 20.3 Å². The number of phenols is 1. The number of hydrogen-bond acceptors (Lipinski definition) is 5. The van der Waals surface area contributed by atoms with Gasteiger partial charge in [0.05, 0.1) is 14.2 Å². The maximum atomic E-state index is 11.9. The van der Waals surface area contributed by atoms with Crippen molar-refractivity contribution in [1.82, 2.24) is 0 Å². The molecule has 0 aromatic heterocycles. The Morgan fingerprint density at radius 1 is 1.09 bits per heavy atom. The third-order valence-corrected chi connectivity index (χ3v) is 2.86. The lowest BCUT2D eigenvalue weighted by atomic mass is 10.2. The first-order valence-electron chi connectivity index (χ1n) is 6.56. The number of para-hydroxylation sites is 2. The number of aromatic hydroxyl groups is 1. The maximum Gasteiger partial charge on any atom is 0.262 e. The maximum absolute atomic E-state index is 11.9. The molecule has 2 rings (SSSR count). The molecule has 0 saturated heterocycles. The number of carbonyl (C=O) groups excluding carboxylic acids is 1. The smallest absolute Gasteiger partial charge is 0.262 e. The lowest BCUT2D eigenvalue weighted by Crippen LogP contribution is -2.20. The molecule has 2 aromatic rings. The van der Waals surface area contributed by atoms with E-state index in [4.69, 9.17) is 14.2 Å². The van der Waals surface area contributed by atoms with Crippen LogP contribution < -0.4 is 19.5 Å². The van der Waals surface area contributed by atoms with Gasteiger partial charge in [0.2, 0.25) is 0 Å². The van der Waals surface area contributed by atoms with Gasteiger partial charge in [-0.25, -0.2) is 0 Å². The Hall–Kier alpha value is -2.89. The van der Waals surface area contributed by atoms with Gasteiger partial charge in [-0.15, -0.1) is 0 Å². The molecule has 0 bridgehead atoms. The summed E-state index contributed by atoms with van der Waals surface area (Å²) >= 11 is 0. The summed E-state index contributed by atoms with van der Waals surface area (Å²) < 4.78 is 15.5. The minimum absolute atomic E-state index is 0.0154. The quantitative estimate of drug-likeness (QED) is 0.857. The summed E-state index contributed by atoms with van der Waals surface area (Å²) in [5.74, 6) is 1.00. The molecule has 0 spiro atoms. The Labute approximate surface area is 128 Å². The molecule has 2 aromatic carbocycles. The van der Waals surface area contributed by atoms with Crippen molar-refractivity contribution in [3.63, 3.8) is 0 Å². The van der Waals surface area contributed by atoms with Crippen LogP contribution in [-0.2, 0) is 4.79 Å². The van der Waals surface area contributed by atoms with E-state index in [0.29, 0.717) is 17.2 Å². The van der Waals surface area contributed by atoms with E-state index in [1.54, 1.807) is 36.4 Å². The predicted octanol–water partition coefficient (Wildman–Crippen LogP) is 2.43. The van der Waals surface area contributed by atoms with Crippen LogP contribution in [-0.4, -0.2) is 31.8 Å². The van der Waals surface area contributed by atoms with Gasteiger partial charge in [0.25, 0.3) is 5.91 Å². The zero-order chi connectivity index (χ0) is 15.9. The Kier molecular flexibility index (Phi) is 5.08. The zero-order valence-electron chi connectivity index (χ0n) is 12.3. The monoisotopic (exact) mass is 303 g/mol. The van der Waals surface area contributed by atoms with Gasteiger partial charge in [-0.05, 0) is 12.1 Å². The Bertz CT molecular complexity index is 634. The van der Waals surface area contributed by atoms with Gasteiger partial charge in [0, 0.05) is 23.9 Å². The van der Waals surface area contributed by atoms with Gasteiger partial charge < -0.3 is 24.6 Å². The predicted molar refractivity (Wildman–Crippen MR) is 81.8 cm³/mol. The summed E-state index contributed by atoms with van der Waals surface area (Å²) in [7, 11) is 3.06. The number of methoxy groups -OCH3 is 2. The van der Waals surface area contributed by atoms with Gasteiger partial charge in [0.15, 0.2) is 18.1 Å². The van der Waals surface area contributed by atoms with Crippen molar-refractivity contribution in [1.29, 1.82) is 0 Å². The van der Waals surface area contributed by atoms with Gasteiger partial charge in [-0.1, -0.05) is 12.1 Å². The summed E-state index contributed by atoms with van der Waals surface area (Å²) in [6, 6.07) is 11.5. The number of carbonyl (C=O) groups is 1. The average Bonchev–Trinajstić information content (AvgIpc) is 2.53. The van der Waals surface area contributed by atoms with E-state index in [2.05, 4.69) is 5.32 Å². The van der Waals surface area contributed by atoms with E-state index in [-0.39, 0.29) is 24.0 Å². The van der Waals surface area contributed by atoms with Crippen molar-refractivity contribution in [2.24, 2.45) is 0 Å². The molecular weight excluding hydrogens is 286 g/mol. The van der Waals surface area contributed by atoms with Crippen molar-refractivity contribution in [2.45, 2.75) is 0 Å². The number of rotatable bonds is 6. The normalized spacial score (nSPS) is 9.91. The van der Waals surface area contributed by atoms with Crippen molar-refractivity contribution < 1.29 is 24.1 Å². The molecule has 0 heterocycles. The second kappa shape index (κ2) is 7.21. The lowest BCUT2D eigenvalue weighted by Gasteiger charge is -2.11. The highest BCUT2D eigenvalue weighted by Gasteiger charge is 2.08. The molecule has 6 heteroatoms. The number of benzene rings is 2. The molecule has 0 aliphatic rings. The molecule has 0 aliphatic carbocycles. The summed E-state index contributed by atoms with van der Waals surface area (Å²) in [4.78, 5) is 11.9. The highest BCUT2D eigenvalue weighted by molar-refractivity contribution is 5.92. The first kappa shape index (κ1) is 15.5. The summed E-state index contributed by atoms with van der Waals surface area (Å²) in [6.45, 7) is -0.225. The molecule has 0 atom stereocenters. The van der Waals surface area contributed by atoms with Crippen LogP contribution in [0.25, 0.3) is 0 Å². The molecule has 6 nitrogen and oxygen atoms in total. The number of phenolic OH excluding ortho intramolecular Hbond substituents is 1. The van der Waals surface area contributed by atoms with E-state index >= 15 is 0 Å². The van der Waals surface area contributed by atoms with Crippen LogP contribution in [0.2, 0.25) is 0 Å². The average molecular weight is 303 g/mol. The van der Waals surface area contributed by atoms with Gasteiger partial charge in [-0.2, -0.15) is 0 Å². The fourth-order valence-electron chi connectivity index (χ4n) is 1.80. The third kappa shape index (κ3) is 4.05. The first-order valence-corrected chi connectivity index (χ1v) is 6.56. The third-order valence-electron chi connectivity index (χ3n) is 2.86. The Morgan fingerprint density at radius 3 is 2.32 bits per heavy atom. The number of nitrogens with one attached hydrogen (secondary N) is 1. The molecule has 0 saturated carbocycles. The van der Waals surface area contributed by atoms with Crippen LogP contribution in [0.3, 0.4) is 0 Å². The SMILES string of the molecule is COc1cc(NC(=O)COc2ccccc2O)cc(OC)c1. The number of hydrogen-bond donors (Lipinski definition) is 2. The van der Waals surface area contributed by atoms with Crippen LogP contribution >= 0.6 is 0 Å². The van der Waals surface area contributed by atoms with E-state index < -0.39 is 0 Å². The standard InChI is InChI=1S/C16H17NO5/c1-20-12-7-11(8-13(9-12)21-2)17-16(19)10-22-15-6-4-3-5-14(15)18/h3-9,18H,10H2,1-2H3,(H,17,19). The number of anilines is 1. The highest BCUT2D eigenvalue weighted by atomic mass is 16.5. The largest absolute Gasteiger partial charge is 0.504 e. The van der Waals surface area contributed by atoms with Crippen LogP contribution in [0.4, 0.5) is 5.69 Å². The molecule has 0 fully saturated rings. The molecule has 116 valence electrons. The summed E-state index contributed by atoms with van der Waals surface area (Å²) in [5.41, 5.74) is 0.530. The van der Waals surface area contributed by atoms with Crippen LogP contribution in [0.15, 0.2) is 42.5 Å². The van der Waals surface area contributed by atoms with E-state index in [1.807, 2.05) is 0 Å². The lowest BCUT2D eigenvalue weighted by molar-refractivity contribution is -0.118. The van der Waals surface area contributed by atoms with Gasteiger partial charge >= 0.3 is 0 Å². The molecule has 2 N–H and O–H groups in total. The minimum Gasteiger partial charge on any atom is -0.504 e. The van der Waals surface area contributed by atoms with Crippen molar-refractivity contribution >= 4 is 11.6 Å². The molecular formula is C16H17NO5. The summed E-state index contributed by atoms with van der Waals surface area (Å²) in [5, 5.41) is 12.2. The van der Waals surface area contributed by atoms with Crippen LogP contribution in [0, 0.1) is 0 Å². The number of amides is 1. The molecule has 0 radical (unpaired) electrons. The van der Waals surface area contributed by atoms with Gasteiger partial charge in [-0.3, -0.25) is 4.79 Å². The zero-order valence-corrected chi connectivity index (χ0v) is 12.3. The van der Waals surface area contributed by atoms with Crippen molar-refractivity contribution in [3.05, 3.63) is 42.5 Å². The summed E-state index contributed by atoms with van der Waals surface area (Å²) in [6.07, 6.45) is 0. The minimum atomic E-state index is -0.362. The molecule has 0 aliphatic heterocycles. The molecule has 0 unspecified atom stereocenters. The van der Waals surface area contributed by atoms with E-state index in [9.17, 15) is 9.90 Å². The van der Waals surface area contributed by atoms with Crippen LogP contribution in [0.1, 0.15) is 0 Å². The first-order chi connectivity index (χ1) is 10.6. The fourth-order valence-corrected chi connectivity index (χ4v) is 1.80. The Morgan fingerprint density at radius 2 is 1.73 bits per heavy atom. The fraction of sp³-hybridized carbons (Fsp3) is 0.188. The van der Waals surface area contributed by atoms with Gasteiger partial charge in [0.1, 0.15) is 11.5 Å². The Balaban J connectivity index is 1.98.